The minimum Gasteiger partial charge on any atom is -0.331 e. The lowest BCUT2D eigenvalue weighted by atomic mass is 10.1. The molecule has 86 valence electrons. The third-order valence-electron chi connectivity index (χ3n) is 3.00. The highest BCUT2D eigenvalue weighted by molar-refractivity contribution is 5.80. The van der Waals surface area contributed by atoms with Crippen molar-refractivity contribution in [2.45, 2.75) is 20.3 Å². The van der Waals surface area contributed by atoms with Gasteiger partial charge in [-0.3, -0.25) is 0 Å². The number of nitrogens with zero attached hydrogens (tertiary/aromatic N) is 2. The molecule has 0 aliphatic rings. The topological polar surface area (TPSA) is 29.9 Å². The Labute approximate surface area is 96.5 Å². The Bertz CT molecular complexity index is 511. The van der Waals surface area contributed by atoms with Crippen LogP contribution in [0.4, 0.5) is 0 Å². The summed E-state index contributed by atoms with van der Waals surface area (Å²) in [4.78, 5) is 4.69. The Hall–Kier alpha value is -1.35. The lowest BCUT2D eigenvalue weighted by Gasteiger charge is -2.04. The van der Waals surface area contributed by atoms with Crippen LogP contribution in [-0.2, 0) is 13.5 Å². The maximum Gasteiger partial charge on any atom is 0.110 e. The molecule has 1 N–H and O–H groups in total. The van der Waals surface area contributed by atoms with Gasteiger partial charge in [0.2, 0.25) is 0 Å². The molecule has 0 spiro atoms. The lowest BCUT2D eigenvalue weighted by molar-refractivity contribution is 0.725. The predicted molar refractivity (Wildman–Crippen MR) is 67.8 cm³/mol. The van der Waals surface area contributed by atoms with Crippen molar-refractivity contribution in [3.05, 3.63) is 29.1 Å². The van der Waals surface area contributed by atoms with Crippen molar-refractivity contribution >= 4 is 11.0 Å². The Morgan fingerprint density at radius 3 is 2.75 bits per heavy atom. The molecule has 16 heavy (non-hydrogen) atoms. The quantitative estimate of drug-likeness (QED) is 0.851. The van der Waals surface area contributed by atoms with Gasteiger partial charge in [-0.15, -0.1) is 0 Å². The first-order chi connectivity index (χ1) is 7.63. The van der Waals surface area contributed by atoms with Crippen LogP contribution < -0.4 is 5.32 Å². The van der Waals surface area contributed by atoms with Crippen molar-refractivity contribution < 1.29 is 0 Å². The van der Waals surface area contributed by atoms with Crippen molar-refractivity contribution in [1.82, 2.24) is 14.9 Å². The first-order valence-corrected chi connectivity index (χ1v) is 5.70. The van der Waals surface area contributed by atoms with Crippen LogP contribution in [0.3, 0.4) is 0 Å². The van der Waals surface area contributed by atoms with Crippen molar-refractivity contribution in [3.8, 4) is 0 Å². The van der Waals surface area contributed by atoms with E-state index in [1.165, 1.54) is 16.6 Å². The van der Waals surface area contributed by atoms with E-state index in [0.29, 0.717) is 0 Å². The van der Waals surface area contributed by atoms with Crippen LogP contribution in [0, 0.1) is 13.8 Å². The molecule has 2 aromatic rings. The summed E-state index contributed by atoms with van der Waals surface area (Å²) in [6.45, 7) is 5.24. The highest BCUT2D eigenvalue weighted by Gasteiger charge is 2.09. The number of hydrogen-bond donors (Lipinski definition) is 1. The van der Waals surface area contributed by atoms with Gasteiger partial charge in [-0.25, -0.2) is 4.98 Å². The van der Waals surface area contributed by atoms with E-state index in [1.807, 2.05) is 7.05 Å². The zero-order chi connectivity index (χ0) is 11.7. The molecule has 1 aromatic heterocycles. The van der Waals surface area contributed by atoms with Gasteiger partial charge in [0.25, 0.3) is 0 Å². The second-order valence-corrected chi connectivity index (χ2v) is 4.39. The fraction of sp³-hybridized carbons (Fsp3) is 0.462. The van der Waals surface area contributed by atoms with Gasteiger partial charge in [0.1, 0.15) is 5.82 Å². The first kappa shape index (κ1) is 11.1. The number of hydrogen-bond acceptors (Lipinski definition) is 2. The molecule has 0 amide bonds. The number of fused-ring (bicyclic) bond motifs is 1. The number of rotatable bonds is 3. The average molecular weight is 217 g/mol. The average Bonchev–Trinajstić information content (AvgIpc) is 2.52. The van der Waals surface area contributed by atoms with E-state index < -0.39 is 0 Å². The number of likely N-dealkylation sites (N-methyl/N-ethyl adjacent to an activating group) is 1. The molecule has 0 aliphatic carbocycles. The maximum absolute atomic E-state index is 4.69. The van der Waals surface area contributed by atoms with Gasteiger partial charge >= 0.3 is 0 Å². The fourth-order valence-corrected chi connectivity index (χ4v) is 2.26. The first-order valence-electron chi connectivity index (χ1n) is 5.70. The summed E-state index contributed by atoms with van der Waals surface area (Å²) in [5.74, 6) is 1.15. The molecule has 0 radical (unpaired) electrons. The minimum absolute atomic E-state index is 0.967. The number of aromatic nitrogens is 2. The summed E-state index contributed by atoms with van der Waals surface area (Å²) in [5.41, 5.74) is 4.96. The van der Waals surface area contributed by atoms with Crippen molar-refractivity contribution in [2.75, 3.05) is 13.6 Å². The molecule has 0 bridgehead atoms. The smallest absolute Gasteiger partial charge is 0.110 e. The Morgan fingerprint density at radius 2 is 2.06 bits per heavy atom. The van der Waals surface area contributed by atoms with Gasteiger partial charge in [0, 0.05) is 20.0 Å². The van der Waals surface area contributed by atoms with E-state index in [-0.39, 0.29) is 0 Å². The van der Waals surface area contributed by atoms with Crippen LogP contribution in [0.5, 0.6) is 0 Å². The highest BCUT2D eigenvalue weighted by atomic mass is 15.1. The molecule has 0 unspecified atom stereocenters. The molecule has 0 aliphatic heterocycles. The van der Waals surface area contributed by atoms with Crippen LogP contribution >= 0.6 is 0 Å². The third kappa shape index (κ3) is 1.83. The zero-order valence-electron chi connectivity index (χ0n) is 10.5. The Balaban J connectivity index is 2.54. The second-order valence-electron chi connectivity index (χ2n) is 4.39. The van der Waals surface area contributed by atoms with Crippen molar-refractivity contribution in [2.24, 2.45) is 7.05 Å². The van der Waals surface area contributed by atoms with Crippen LogP contribution in [0.1, 0.15) is 17.0 Å². The summed E-state index contributed by atoms with van der Waals surface area (Å²) >= 11 is 0. The van der Waals surface area contributed by atoms with E-state index in [9.17, 15) is 0 Å². The number of aryl methyl sites for hydroxylation is 3. The van der Waals surface area contributed by atoms with E-state index in [4.69, 9.17) is 4.98 Å². The molecule has 0 saturated heterocycles. The standard InChI is InChI=1S/C13H19N3/c1-9-7-10(2)13-11(8-9)15-12(16(13)4)5-6-14-3/h7-8,14H,5-6H2,1-4H3. The van der Waals surface area contributed by atoms with Gasteiger partial charge < -0.3 is 9.88 Å². The number of imidazole rings is 1. The molecular weight excluding hydrogens is 198 g/mol. The normalized spacial score (nSPS) is 11.2. The lowest BCUT2D eigenvalue weighted by Crippen LogP contribution is -2.13. The summed E-state index contributed by atoms with van der Waals surface area (Å²) < 4.78 is 2.21. The van der Waals surface area contributed by atoms with Crippen molar-refractivity contribution in [1.29, 1.82) is 0 Å². The molecule has 0 saturated carbocycles. The van der Waals surface area contributed by atoms with Gasteiger partial charge in [0.15, 0.2) is 0 Å². The number of nitrogens with one attached hydrogen (secondary N) is 1. The molecule has 3 heteroatoms. The van der Waals surface area contributed by atoms with Gasteiger partial charge in [-0.05, 0) is 38.1 Å². The molecule has 2 rings (SSSR count). The van der Waals surface area contributed by atoms with Crippen LogP contribution in [0.2, 0.25) is 0 Å². The molecule has 3 nitrogen and oxygen atoms in total. The number of benzene rings is 1. The SMILES string of the molecule is CNCCc1nc2cc(C)cc(C)c2n1C. The molecule has 0 fully saturated rings. The maximum atomic E-state index is 4.69. The van der Waals surface area contributed by atoms with Gasteiger partial charge in [-0.1, -0.05) is 6.07 Å². The minimum atomic E-state index is 0.967. The monoisotopic (exact) mass is 217 g/mol. The molecule has 1 aromatic carbocycles. The molecule has 1 heterocycles. The van der Waals surface area contributed by atoms with Gasteiger partial charge in [0.05, 0.1) is 11.0 Å². The largest absolute Gasteiger partial charge is 0.331 e. The summed E-state index contributed by atoms with van der Waals surface area (Å²) in [5, 5.41) is 3.16. The second kappa shape index (κ2) is 4.26. The Morgan fingerprint density at radius 1 is 1.31 bits per heavy atom. The zero-order valence-corrected chi connectivity index (χ0v) is 10.5. The summed E-state index contributed by atoms with van der Waals surface area (Å²) in [6, 6.07) is 4.37. The van der Waals surface area contributed by atoms with E-state index in [1.54, 1.807) is 0 Å². The van der Waals surface area contributed by atoms with Crippen LogP contribution in [-0.4, -0.2) is 23.1 Å². The van der Waals surface area contributed by atoms with Gasteiger partial charge in [-0.2, -0.15) is 0 Å². The summed E-state index contributed by atoms with van der Waals surface area (Å²) in [6.07, 6.45) is 0.972. The highest BCUT2D eigenvalue weighted by Crippen LogP contribution is 2.21. The molecular formula is C13H19N3. The van der Waals surface area contributed by atoms with Crippen molar-refractivity contribution in [3.63, 3.8) is 0 Å². The third-order valence-corrected chi connectivity index (χ3v) is 3.00. The predicted octanol–water partition coefficient (Wildman–Crippen LogP) is 1.95. The van der Waals surface area contributed by atoms with E-state index >= 15 is 0 Å². The van der Waals surface area contributed by atoms with Crippen LogP contribution in [0.25, 0.3) is 11.0 Å². The fourth-order valence-electron chi connectivity index (χ4n) is 2.26. The van der Waals surface area contributed by atoms with Crippen LogP contribution in [0.15, 0.2) is 12.1 Å². The van der Waals surface area contributed by atoms with E-state index in [2.05, 4.69) is 42.9 Å². The Kier molecular flexibility index (Phi) is 2.97. The van der Waals surface area contributed by atoms with E-state index in [0.717, 1.165) is 24.3 Å². The molecule has 0 atom stereocenters. The summed E-state index contributed by atoms with van der Waals surface area (Å²) in [7, 11) is 4.07.